The van der Waals surface area contributed by atoms with Crippen LogP contribution < -0.4 is 11.1 Å². The van der Waals surface area contributed by atoms with Gasteiger partial charge in [0.1, 0.15) is 6.61 Å². The first-order chi connectivity index (χ1) is 9.16. The number of benzene rings is 1. The molecule has 0 aliphatic rings. The number of amides is 1. The highest BCUT2D eigenvalue weighted by molar-refractivity contribution is 7.19. The van der Waals surface area contributed by atoms with Crippen LogP contribution in [0.5, 0.6) is 0 Å². The predicted molar refractivity (Wildman–Crippen MR) is 78.3 cm³/mol. The van der Waals surface area contributed by atoms with E-state index in [1.54, 1.807) is 11.3 Å². The number of thiophene rings is 1. The van der Waals surface area contributed by atoms with Crippen molar-refractivity contribution in [3.63, 3.8) is 0 Å². The minimum Gasteiger partial charge on any atom is -0.370 e. The minimum atomic E-state index is -0.433. The monoisotopic (exact) mass is 278 g/mol. The van der Waals surface area contributed by atoms with Gasteiger partial charge < -0.3 is 15.8 Å². The van der Waals surface area contributed by atoms with E-state index in [0.29, 0.717) is 13.2 Å². The Morgan fingerprint density at radius 3 is 3.00 bits per heavy atom. The van der Waals surface area contributed by atoms with Gasteiger partial charge in [-0.25, -0.2) is 0 Å². The van der Waals surface area contributed by atoms with Crippen LogP contribution in [-0.4, -0.2) is 25.7 Å². The van der Waals surface area contributed by atoms with Gasteiger partial charge in [-0.2, -0.15) is 0 Å². The van der Waals surface area contributed by atoms with E-state index in [2.05, 4.69) is 42.6 Å². The normalized spacial score (nSPS) is 12.7. The maximum Gasteiger partial charge on any atom is 0.243 e. The molecule has 1 aromatic heterocycles. The van der Waals surface area contributed by atoms with Crippen LogP contribution in [0.15, 0.2) is 30.3 Å². The number of nitrogens with two attached hydrogens (primary N) is 1. The quantitative estimate of drug-likeness (QED) is 0.762. The van der Waals surface area contributed by atoms with Gasteiger partial charge in [-0.1, -0.05) is 18.2 Å². The lowest BCUT2D eigenvalue weighted by Crippen LogP contribution is -2.25. The lowest BCUT2D eigenvalue weighted by atomic mass is 10.2. The molecule has 0 saturated carbocycles. The van der Waals surface area contributed by atoms with E-state index < -0.39 is 5.91 Å². The Morgan fingerprint density at radius 1 is 1.47 bits per heavy atom. The second-order valence-electron chi connectivity index (χ2n) is 4.38. The summed E-state index contributed by atoms with van der Waals surface area (Å²) in [6, 6.07) is 10.8. The molecule has 0 spiro atoms. The van der Waals surface area contributed by atoms with Gasteiger partial charge in [0.2, 0.25) is 5.91 Å². The highest BCUT2D eigenvalue weighted by atomic mass is 32.1. The summed E-state index contributed by atoms with van der Waals surface area (Å²) in [5.41, 5.74) is 4.99. The average Bonchev–Trinajstić information content (AvgIpc) is 2.81. The van der Waals surface area contributed by atoms with Crippen molar-refractivity contribution in [2.24, 2.45) is 5.73 Å². The summed E-state index contributed by atoms with van der Waals surface area (Å²) in [5.74, 6) is -0.433. The van der Waals surface area contributed by atoms with E-state index in [4.69, 9.17) is 10.5 Å². The van der Waals surface area contributed by atoms with Crippen LogP contribution in [0.3, 0.4) is 0 Å². The molecule has 0 saturated heterocycles. The molecule has 1 aromatic carbocycles. The molecule has 19 heavy (non-hydrogen) atoms. The lowest BCUT2D eigenvalue weighted by molar-refractivity contribution is -0.122. The number of hydrogen-bond donors (Lipinski definition) is 2. The predicted octanol–water partition coefficient (Wildman–Crippen LogP) is 2.05. The van der Waals surface area contributed by atoms with Crippen LogP contribution in [0.25, 0.3) is 10.1 Å². The minimum absolute atomic E-state index is 0.0149. The standard InChI is InChI=1S/C14H18N2O2S/c1-10(16-6-7-18-9-14(15)17)13-8-11-4-2-3-5-12(11)19-13/h2-5,8,10,16H,6-7,9H2,1H3,(H2,15,17). The maximum atomic E-state index is 10.5. The fourth-order valence-electron chi connectivity index (χ4n) is 1.84. The maximum absolute atomic E-state index is 10.5. The molecule has 2 rings (SSSR count). The summed E-state index contributed by atoms with van der Waals surface area (Å²) in [6.07, 6.45) is 0. The Kier molecular flexibility index (Phi) is 4.90. The van der Waals surface area contributed by atoms with Gasteiger partial charge in [0, 0.05) is 22.2 Å². The molecule has 2 aromatic rings. The molecule has 0 bridgehead atoms. The largest absolute Gasteiger partial charge is 0.370 e. The van der Waals surface area contributed by atoms with Crippen LogP contribution in [0.1, 0.15) is 17.8 Å². The molecule has 1 atom stereocenters. The zero-order valence-electron chi connectivity index (χ0n) is 10.9. The first-order valence-electron chi connectivity index (χ1n) is 6.24. The molecule has 1 unspecified atom stereocenters. The number of nitrogens with one attached hydrogen (secondary N) is 1. The van der Waals surface area contributed by atoms with Crippen LogP contribution in [0.2, 0.25) is 0 Å². The summed E-state index contributed by atoms with van der Waals surface area (Å²) in [6.45, 7) is 3.29. The van der Waals surface area contributed by atoms with Crippen LogP contribution >= 0.6 is 11.3 Å². The molecular weight excluding hydrogens is 260 g/mol. The number of hydrogen-bond acceptors (Lipinski definition) is 4. The van der Waals surface area contributed by atoms with Crippen molar-refractivity contribution in [3.8, 4) is 0 Å². The molecule has 102 valence electrons. The summed E-state index contributed by atoms with van der Waals surface area (Å²) in [4.78, 5) is 11.8. The molecule has 5 heteroatoms. The van der Waals surface area contributed by atoms with Gasteiger partial charge in [-0.3, -0.25) is 4.79 Å². The summed E-state index contributed by atoms with van der Waals surface area (Å²) < 4.78 is 6.41. The van der Waals surface area contributed by atoms with E-state index in [1.165, 1.54) is 15.0 Å². The molecule has 3 N–H and O–H groups in total. The number of ether oxygens (including phenoxy) is 1. The molecular formula is C14H18N2O2S. The molecule has 4 nitrogen and oxygen atoms in total. The third kappa shape index (κ3) is 4.02. The Hall–Kier alpha value is -1.43. The Bertz CT molecular complexity index is 520. The number of fused-ring (bicyclic) bond motifs is 1. The van der Waals surface area contributed by atoms with Gasteiger partial charge in [0.15, 0.2) is 0 Å². The van der Waals surface area contributed by atoms with E-state index in [9.17, 15) is 4.79 Å². The lowest BCUT2D eigenvalue weighted by Gasteiger charge is -2.11. The van der Waals surface area contributed by atoms with Crippen molar-refractivity contribution in [1.82, 2.24) is 5.32 Å². The van der Waals surface area contributed by atoms with Crippen LogP contribution in [-0.2, 0) is 9.53 Å². The number of rotatable bonds is 7. The van der Waals surface area contributed by atoms with E-state index in [0.717, 1.165) is 0 Å². The first-order valence-corrected chi connectivity index (χ1v) is 7.06. The number of primary amides is 1. The fraction of sp³-hybridized carbons (Fsp3) is 0.357. The number of carbonyl (C=O) groups is 1. The van der Waals surface area contributed by atoms with Gasteiger partial charge >= 0.3 is 0 Å². The molecule has 1 amide bonds. The van der Waals surface area contributed by atoms with Crippen LogP contribution in [0, 0.1) is 0 Å². The van der Waals surface area contributed by atoms with Gasteiger partial charge in [0.05, 0.1) is 6.61 Å². The number of carbonyl (C=O) groups excluding carboxylic acids is 1. The van der Waals surface area contributed by atoms with Crippen molar-refractivity contribution in [2.45, 2.75) is 13.0 Å². The zero-order chi connectivity index (χ0) is 13.7. The van der Waals surface area contributed by atoms with Crippen molar-refractivity contribution in [1.29, 1.82) is 0 Å². The Morgan fingerprint density at radius 2 is 2.26 bits per heavy atom. The Balaban J connectivity index is 1.82. The van der Waals surface area contributed by atoms with Crippen LogP contribution in [0.4, 0.5) is 0 Å². The van der Waals surface area contributed by atoms with Crippen molar-refractivity contribution in [2.75, 3.05) is 19.8 Å². The summed E-state index contributed by atoms with van der Waals surface area (Å²) >= 11 is 1.80. The SMILES string of the molecule is CC(NCCOCC(N)=O)c1cc2ccccc2s1. The summed E-state index contributed by atoms with van der Waals surface area (Å²) in [7, 11) is 0. The third-order valence-corrected chi connectivity index (χ3v) is 4.11. The second-order valence-corrected chi connectivity index (χ2v) is 5.50. The van der Waals surface area contributed by atoms with E-state index in [1.807, 2.05) is 0 Å². The molecule has 0 fully saturated rings. The Labute approximate surface area is 116 Å². The third-order valence-electron chi connectivity index (χ3n) is 2.81. The highest BCUT2D eigenvalue weighted by Gasteiger charge is 2.08. The van der Waals surface area contributed by atoms with Crippen molar-refractivity contribution >= 4 is 27.3 Å². The zero-order valence-corrected chi connectivity index (χ0v) is 11.7. The second kappa shape index (κ2) is 6.65. The molecule has 0 aliphatic heterocycles. The topological polar surface area (TPSA) is 64.3 Å². The van der Waals surface area contributed by atoms with Gasteiger partial charge in [-0.05, 0) is 24.4 Å². The fourth-order valence-corrected chi connectivity index (χ4v) is 2.93. The molecule has 1 heterocycles. The van der Waals surface area contributed by atoms with Crippen molar-refractivity contribution < 1.29 is 9.53 Å². The van der Waals surface area contributed by atoms with Gasteiger partial charge in [0.25, 0.3) is 0 Å². The molecule has 0 aliphatic carbocycles. The highest BCUT2D eigenvalue weighted by Crippen LogP contribution is 2.29. The van der Waals surface area contributed by atoms with E-state index >= 15 is 0 Å². The van der Waals surface area contributed by atoms with Crippen molar-refractivity contribution in [3.05, 3.63) is 35.2 Å². The van der Waals surface area contributed by atoms with Gasteiger partial charge in [-0.15, -0.1) is 11.3 Å². The first kappa shape index (κ1) is 14.0. The molecule has 0 radical (unpaired) electrons. The smallest absolute Gasteiger partial charge is 0.243 e. The summed E-state index contributed by atoms with van der Waals surface area (Å²) in [5, 5.41) is 4.65. The average molecular weight is 278 g/mol. The van der Waals surface area contributed by atoms with E-state index in [-0.39, 0.29) is 12.6 Å².